The zero-order valence-electron chi connectivity index (χ0n) is 7.18. The van der Waals surface area contributed by atoms with Crippen LogP contribution in [0.5, 0.6) is 0 Å². The summed E-state index contributed by atoms with van der Waals surface area (Å²) in [5.41, 5.74) is 5.66. The summed E-state index contributed by atoms with van der Waals surface area (Å²) in [5.74, 6) is 0.846. The van der Waals surface area contributed by atoms with E-state index >= 15 is 0 Å². The van der Waals surface area contributed by atoms with Crippen LogP contribution >= 0.6 is 0 Å². The number of ketones is 1. The average Bonchev–Trinajstić information content (AvgIpc) is 2.20. The number of nitrogens with two attached hydrogens (primary N) is 1. The largest absolute Gasteiger partial charge is 0.319 e. The Labute approximate surface area is 67.1 Å². The molecule has 2 rings (SSSR count). The molecule has 2 atom stereocenters. The highest BCUT2D eigenvalue weighted by atomic mass is 16.1. The average molecular weight is 153 g/mol. The summed E-state index contributed by atoms with van der Waals surface area (Å²) >= 11 is 0. The Kier molecular flexibility index (Phi) is 1.12. The van der Waals surface area contributed by atoms with Crippen molar-refractivity contribution < 1.29 is 4.79 Å². The lowest BCUT2D eigenvalue weighted by atomic mass is 9.77. The molecule has 0 saturated heterocycles. The summed E-state index contributed by atoms with van der Waals surface area (Å²) in [6, 6.07) is 0. The molecular weight excluding hydrogens is 138 g/mol. The van der Waals surface area contributed by atoms with Crippen LogP contribution in [0.15, 0.2) is 0 Å². The van der Waals surface area contributed by atoms with Crippen molar-refractivity contribution in [2.45, 2.75) is 38.6 Å². The van der Waals surface area contributed by atoms with Gasteiger partial charge in [0.2, 0.25) is 0 Å². The topological polar surface area (TPSA) is 43.1 Å². The molecule has 2 bridgehead atoms. The van der Waals surface area contributed by atoms with Crippen molar-refractivity contribution in [3.05, 3.63) is 0 Å². The first-order valence-electron chi connectivity index (χ1n) is 4.31. The molecule has 2 aliphatic rings. The second-order valence-electron chi connectivity index (χ2n) is 4.56. The summed E-state index contributed by atoms with van der Waals surface area (Å²) in [5, 5.41) is 0. The van der Waals surface area contributed by atoms with E-state index in [0.29, 0.717) is 11.7 Å². The van der Waals surface area contributed by atoms with Crippen molar-refractivity contribution >= 4 is 5.78 Å². The highest BCUT2D eigenvalue weighted by molar-refractivity contribution is 5.93. The molecule has 0 amide bonds. The second-order valence-corrected chi connectivity index (χ2v) is 4.56. The Bertz CT molecular complexity index is 222. The third-order valence-corrected chi connectivity index (χ3v) is 3.99. The van der Waals surface area contributed by atoms with Crippen molar-refractivity contribution in [3.63, 3.8) is 0 Å². The molecule has 0 spiro atoms. The number of rotatable bonds is 0. The van der Waals surface area contributed by atoms with Gasteiger partial charge >= 0.3 is 0 Å². The fraction of sp³-hybridized carbons (Fsp3) is 0.889. The van der Waals surface area contributed by atoms with Gasteiger partial charge in [-0.2, -0.15) is 0 Å². The second kappa shape index (κ2) is 1.69. The first-order valence-corrected chi connectivity index (χ1v) is 4.31. The Morgan fingerprint density at radius 2 is 2.18 bits per heavy atom. The van der Waals surface area contributed by atoms with Gasteiger partial charge < -0.3 is 5.73 Å². The van der Waals surface area contributed by atoms with E-state index in [9.17, 15) is 4.79 Å². The first-order chi connectivity index (χ1) is 4.98. The van der Waals surface area contributed by atoms with Gasteiger partial charge in [-0.05, 0) is 24.2 Å². The van der Waals surface area contributed by atoms with Gasteiger partial charge in [0.05, 0.1) is 5.54 Å². The van der Waals surface area contributed by atoms with Gasteiger partial charge in [-0.15, -0.1) is 0 Å². The number of hydrogen-bond donors (Lipinski definition) is 1. The van der Waals surface area contributed by atoms with Crippen LogP contribution in [0.3, 0.4) is 0 Å². The quantitative estimate of drug-likeness (QED) is 0.566. The smallest absolute Gasteiger partial charge is 0.153 e. The van der Waals surface area contributed by atoms with Gasteiger partial charge in [0.25, 0.3) is 0 Å². The maximum absolute atomic E-state index is 11.4. The molecule has 2 saturated carbocycles. The van der Waals surface area contributed by atoms with Crippen LogP contribution < -0.4 is 5.73 Å². The molecule has 0 aliphatic heterocycles. The maximum atomic E-state index is 11.4. The van der Waals surface area contributed by atoms with E-state index in [0.717, 1.165) is 19.3 Å². The lowest BCUT2D eigenvalue weighted by Crippen LogP contribution is -2.51. The SMILES string of the molecule is CC1(C)[C@@H]2CC[C@@]1(N)C(=O)C2. The van der Waals surface area contributed by atoms with Crippen LogP contribution in [0.2, 0.25) is 0 Å². The van der Waals surface area contributed by atoms with E-state index in [2.05, 4.69) is 13.8 Å². The van der Waals surface area contributed by atoms with Crippen molar-refractivity contribution in [1.82, 2.24) is 0 Å². The van der Waals surface area contributed by atoms with Gasteiger partial charge in [0.1, 0.15) is 0 Å². The fourth-order valence-electron chi connectivity index (χ4n) is 2.71. The molecule has 2 fully saturated rings. The van der Waals surface area contributed by atoms with Crippen LogP contribution in [0, 0.1) is 11.3 Å². The van der Waals surface area contributed by atoms with E-state index in [4.69, 9.17) is 5.73 Å². The maximum Gasteiger partial charge on any atom is 0.153 e. The third kappa shape index (κ3) is 0.598. The van der Waals surface area contributed by atoms with Gasteiger partial charge in [0.15, 0.2) is 5.78 Å². The number of Topliss-reactive ketones (excluding diaryl/α,β-unsaturated/α-hetero) is 1. The van der Waals surface area contributed by atoms with Crippen molar-refractivity contribution in [1.29, 1.82) is 0 Å². The highest BCUT2D eigenvalue weighted by Gasteiger charge is 2.62. The van der Waals surface area contributed by atoms with Crippen molar-refractivity contribution in [3.8, 4) is 0 Å². The van der Waals surface area contributed by atoms with Gasteiger partial charge in [0, 0.05) is 6.42 Å². The zero-order chi connectivity index (χ0) is 8.28. The molecule has 2 nitrogen and oxygen atoms in total. The van der Waals surface area contributed by atoms with Crippen LogP contribution in [0.4, 0.5) is 0 Å². The minimum Gasteiger partial charge on any atom is -0.319 e. The third-order valence-electron chi connectivity index (χ3n) is 3.99. The Morgan fingerprint density at radius 3 is 2.36 bits per heavy atom. The molecule has 0 aromatic carbocycles. The van der Waals surface area contributed by atoms with E-state index in [-0.39, 0.29) is 5.41 Å². The zero-order valence-corrected chi connectivity index (χ0v) is 7.18. The molecule has 0 aromatic rings. The number of fused-ring (bicyclic) bond motifs is 2. The van der Waals surface area contributed by atoms with E-state index in [1.807, 2.05) is 0 Å². The van der Waals surface area contributed by atoms with E-state index < -0.39 is 5.54 Å². The molecule has 11 heavy (non-hydrogen) atoms. The monoisotopic (exact) mass is 153 g/mol. The molecule has 0 radical (unpaired) electrons. The predicted molar refractivity (Wildman–Crippen MR) is 43.0 cm³/mol. The number of carbonyl (C=O) groups excluding carboxylic acids is 1. The summed E-state index contributed by atoms with van der Waals surface area (Å²) < 4.78 is 0. The summed E-state index contributed by atoms with van der Waals surface area (Å²) in [6.45, 7) is 4.27. The van der Waals surface area contributed by atoms with Crippen LogP contribution in [-0.4, -0.2) is 11.3 Å². The molecule has 0 aromatic heterocycles. The minimum absolute atomic E-state index is 0.0596. The number of carbonyl (C=O) groups is 1. The van der Waals surface area contributed by atoms with E-state index in [1.54, 1.807) is 0 Å². The predicted octanol–water partition coefficient (Wildman–Crippen LogP) is 1.09. The normalized spacial score (nSPS) is 46.8. The molecule has 0 unspecified atom stereocenters. The van der Waals surface area contributed by atoms with Crippen molar-refractivity contribution in [2.24, 2.45) is 17.1 Å². The van der Waals surface area contributed by atoms with Gasteiger partial charge in [-0.1, -0.05) is 13.8 Å². The molecular formula is C9H15NO. The number of hydrogen-bond acceptors (Lipinski definition) is 2. The Hall–Kier alpha value is -0.370. The lowest BCUT2D eigenvalue weighted by molar-refractivity contribution is -0.124. The highest BCUT2D eigenvalue weighted by Crippen LogP contribution is 2.56. The molecule has 0 heterocycles. The molecule has 2 aliphatic carbocycles. The van der Waals surface area contributed by atoms with E-state index in [1.165, 1.54) is 0 Å². The summed E-state index contributed by atoms with van der Waals surface area (Å²) in [6.07, 6.45) is 2.78. The first kappa shape index (κ1) is 7.29. The standard InChI is InChI=1S/C9H15NO/c1-8(2)6-3-4-9(8,10)7(11)5-6/h6H,3-5,10H2,1-2H3/t6-,9-/m1/s1. The Morgan fingerprint density at radius 1 is 1.55 bits per heavy atom. The summed E-state index contributed by atoms with van der Waals surface area (Å²) in [4.78, 5) is 11.4. The van der Waals surface area contributed by atoms with Gasteiger partial charge in [-0.3, -0.25) is 4.79 Å². The minimum atomic E-state index is -0.475. The van der Waals surface area contributed by atoms with Gasteiger partial charge in [-0.25, -0.2) is 0 Å². The fourth-order valence-corrected chi connectivity index (χ4v) is 2.71. The summed E-state index contributed by atoms with van der Waals surface area (Å²) in [7, 11) is 0. The Balaban J connectivity index is 2.47. The molecule has 2 N–H and O–H groups in total. The molecule has 62 valence electrons. The van der Waals surface area contributed by atoms with Crippen LogP contribution in [0.1, 0.15) is 33.1 Å². The molecule has 2 heteroatoms. The van der Waals surface area contributed by atoms with Crippen molar-refractivity contribution in [2.75, 3.05) is 0 Å². The van der Waals surface area contributed by atoms with Crippen LogP contribution in [0.25, 0.3) is 0 Å². The lowest BCUT2D eigenvalue weighted by Gasteiger charge is -2.32. The van der Waals surface area contributed by atoms with Crippen LogP contribution in [-0.2, 0) is 4.79 Å².